The number of amides is 1. The number of rotatable bonds is 5. The fourth-order valence-corrected chi connectivity index (χ4v) is 2.76. The van der Waals surface area contributed by atoms with Gasteiger partial charge in [0.05, 0.1) is 16.5 Å². The second-order valence-corrected chi connectivity index (χ2v) is 5.81. The Bertz CT molecular complexity index is 749. The molecule has 7 heteroatoms. The van der Waals surface area contributed by atoms with E-state index in [1.165, 1.54) is 18.7 Å². The molecule has 1 aliphatic heterocycles. The Labute approximate surface area is 137 Å². The molecule has 0 spiro atoms. The predicted molar refractivity (Wildman–Crippen MR) is 86.2 cm³/mol. The number of carbonyl (C=O) groups excluding carboxylic acids is 2. The van der Waals surface area contributed by atoms with E-state index in [4.69, 9.17) is 9.47 Å². The van der Waals surface area contributed by atoms with Gasteiger partial charge in [-0.1, -0.05) is 17.8 Å². The highest BCUT2D eigenvalue weighted by molar-refractivity contribution is 7.99. The van der Waals surface area contributed by atoms with Crippen molar-refractivity contribution in [3.63, 3.8) is 0 Å². The van der Waals surface area contributed by atoms with Crippen molar-refractivity contribution in [1.29, 1.82) is 0 Å². The first kappa shape index (κ1) is 15.4. The van der Waals surface area contributed by atoms with Crippen LogP contribution < -0.4 is 14.8 Å². The number of fused-ring (bicyclic) bond motifs is 1. The van der Waals surface area contributed by atoms with Crippen LogP contribution in [-0.2, 0) is 4.79 Å². The smallest absolute Gasteiger partial charge is 0.234 e. The van der Waals surface area contributed by atoms with Crippen molar-refractivity contribution in [2.24, 2.45) is 0 Å². The van der Waals surface area contributed by atoms with E-state index in [1.54, 1.807) is 18.3 Å². The predicted octanol–water partition coefficient (Wildman–Crippen LogP) is 2.74. The summed E-state index contributed by atoms with van der Waals surface area (Å²) < 4.78 is 10.5. The minimum Gasteiger partial charge on any atom is -0.454 e. The third kappa shape index (κ3) is 3.62. The Balaban J connectivity index is 1.71. The zero-order chi connectivity index (χ0) is 16.2. The molecule has 0 saturated heterocycles. The maximum atomic E-state index is 12.1. The topological polar surface area (TPSA) is 77.5 Å². The molecule has 1 amide bonds. The number of carbonyl (C=O) groups is 2. The van der Waals surface area contributed by atoms with Gasteiger partial charge in [-0.15, -0.1) is 0 Å². The van der Waals surface area contributed by atoms with Crippen LogP contribution in [-0.4, -0.2) is 29.2 Å². The van der Waals surface area contributed by atoms with Crippen molar-refractivity contribution in [1.82, 2.24) is 4.98 Å². The highest BCUT2D eigenvalue weighted by Crippen LogP contribution is 2.37. The highest BCUT2D eigenvalue weighted by atomic mass is 32.2. The maximum absolute atomic E-state index is 12.1. The molecule has 2 aromatic rings. The Morgan fingerprint density at radius 3 is 2.74 bits per heavy atom. The van der Waals surface area contributed by atoms with Crippen molar-refractivity contribution in [2.45, 2.75) is 11.9 Å². The van der Waals surface area contributed by atoms with Crippen molar-refractivity contribution in [3.05, 3.63) is 42.1 Å². The number of thioether (sulfide) groups is 1. The second-order valence-electron chi connectivity index (χ2n) is 4.81. The second kappa shape index (κ2) is 6.70. The number of pyridine rings is 1. The van der Waals surface area contributed by atoms with Crippen LogP contribution >= 0.6 is 11.8 Å². The van der Waals surface area contributed by atoms with Gasteiger partial charge < -0.3 is 14.8 Å². The number of ketones is 1. The van der Waals surface area contributed by atoms with E-state index < -0.39 is 0 Å². The number of anilines is 1. The number of nitrogens with one attached hydrogen (secondary N) is 1. The summed E-state index contributed by atoms with van der Waals surface area (Å²) in [6.45, 7) is 1.55. The molecular formula is C16H14N2O4S. The molecule has 3 rings (SSSR count). The lowest BCUT2D eigenvalue weighted by molar-refractivity contribution is -0.113. The van der Waals surface area contributed by atoms with Gasteiger partial charge in [0.15, 0.2) is 17.3 Å². The molecule has 1 aliphatic rings. The lowest BCUT2D eigenvalue weighted by Crippen LogP contribution is -2.16. The normalized spacial score (nSPS) is 12.0. The molecule has 2 heterocycles. The first-order valence-corrected chi connectivity index (χ1v) is 7.90. The fraction of sp³-hybridized carbons (Fsp3) is 0.188. The minimum atomic E-state index is -0.220. The number of ether oxygens (including phenoxy) is 2. The lowest BCUT2D eigenvalue weighted by Gasteiger charge is -2.10. The summed E-state index contributed by atoms with van der Waals surface area (Å²) in [5.41, 5.74) is 0.818. The van der Waals surface area contributed by atoms with Gasteiger partial charge in [-0.25, -0.2) is 4.98 Å². The van der Waals surface area contributed by atoms with Gasteiger partial charge >= 0.3 is 0 Å². The van der Waals surface area contributed by atoms with E-state index in [9.17, 15) is 9.59 Å². The van der Waals surface area contributed by atoms with Crippen molar-refractivity contribution >= 4 is 29.1 Å². The molecule has 0 bridgehead atoms. The number of aromatic nitrogens is 1. The van der Waals surface area contributed by atoms with Gasteiger partial charge in [0.1, 0.15) is 0 Å². The molecule has 6 nitrogen and oxygen atoms in total. The molecule has 0 radical (unpaired) electrons. The van der Waals surface area contributed by atoms with Gasteiger partial charge in [0, 0.05) is 17.8 Å². The molecule has 1 N–H and O–H groups in total. The van der Waals surface area contributed by atoms with Crippen molar-refractivity contribution in [3.8, 4) is 11.5 Å². The van der Waals surface area contributed by atoms with Gasteiger partial charge in [0.2, 0.25) is 12.7 Å². The monoisotopic (exact) mass is 330 g/mol. The van der Waals surface area contributed by atoms with Crippen molar-refractivity contribution in [2.75, 3.05) is 17.9 Å². The molecule has 0 atom stereocenters. The molecule has 23 heavy (non-hydrogen) atoms. The lowest BCUT2D eigenvalue weighted by atomic mass is 10.1. The van der Waals surface area contributed by atoms with Crippen LogP contribution in [0.3, 0.4) is 0 Å². The highest BCUT2D eigenvalue weighted by Gasteiger charge is 2.20. The van der Waals surface area contributed by atoms with E-state index in [0.29, 0.717) is 22.7 Å². The number of hydrogen-bond donors (Lipinski definition) is 1. The zero-order valence-electron chi connectivity index (χ0n) is 12.4. The Morgan fingerprint density at radius 2 is 2.04 bits per heavy atom. The molecular weight excluding hydrogens is 316 g/mol. The zero-order valence-corrected chi connectivity index (χ0v) is 13.2. The SMILES string of the molecule is CC(=O)c1cc2c(cc1NC(=O)CSc1ccccn1)OCO2. The maximum Gasteiger partial charge on any atom is 0.234 e. The standard InChI is InChI=1S/C16H14N2O4S/c1-10(19)11-6-13-14(22-9-21-13)7-12(11)18-15(20)8-23-16-4-2-3-5-17-16/h2-7H,8-9H2,1H3,(H,18,20). The summed E-state index contributed by atoms with van der Waals surface area (Å²) in [5, 5.41) is 3.51. The van der Waals surface area contributed by atoms with Crippen molar-refractivity contribution < 1.29 is 19.1 Å². The molecule has 0 unspecified atom stereocenters. The van der Waals surface area contributed by atoms with Gasteiger partial charge in [0.25, 0.3) is 0 Å². The third-order valence-corrected chi connectivity index (χ3v) is 4.10. The van der Waals surface area contributed by atoms with E-state index in [-0.39, 0.29) is 24.2 Å². The average molecular weight is 330 g/mol. The quantitative estimate of drug-likeness (QED) is 0.671. The molecule has 1 aromatic heterocycles. The summed E-state index contributed by atoms with van der Waals surface area (Å²) in [7, 11) is 0. The van der Waals surface area contributed by atoms with Crippen LogP contribution in [0.25, 0.3) is 0 Å². The summed E-state index contributed by atoms with van der Waals surface area (Å²) >= 11 is 1.32. The molecule has 118 valence electrons. The molecule has 0 fully saturated rings. The van der Waals surface area contributed by atoms with Crippen LogP contribution in [0.1, 0.15) is 17.3 Å². The first-order chi connectivity index (χ1) is 11.1. The number of Topliss-reactive ketones (excluding diaryl/α,β-unsaturated/α-hetero) is 1. The van der Waals surface area contributed by atoms with Crippen LogP contribution in [0.4, 0.5) is 5.69 Å². The Kier molecular flexibility index (Phi) is 4.47. The van der Waals surface area contributed by atoms with Crippen LogP contribution in [0.5, 0.6) is 11.5 Å². The third-order valence-electron chi connectivity index (χ3n) is 3.16. The summed E-state index contributed by atoms with van der Waals surface area (Å²) in [6, 6.07) is 8.71. The number of nitrogens with zero attached hydrogens (tertiary/aromatic N) is 1. The van der Waals surface area contributed by atoms with Gasteiger partial charge in [-0.2, -0.15) is 0 Å². The summed E-state index contributed by atoms with van der Waals surface area (Å²) in [5.74, 6) is 0.847. The number of benzene rings is 1. The van der Waals surface area contributed by atoms with E-state index in [2.05, 4.69) is 10.3 Å². The molecule has 0 aliphatic carbocycles. The Morgan fingerprint density at radius 1 is 1.26 bits per heavy atom. The fourth-order valence-electron chi connectivity index (χ4n) is 2.09. The van der Waals surface area contributed by atoms with E-state index >= 15 is 0 Å². The van der Waals surface area contributed by atoms with Crippen LogP contribution in [0, 0.1) is 0 Å². The number of hydrogen-bond acceptors (Lipinski definition) is 6. The van der Waals surface area contributed by atoms with Gasteiger partial charge in [-0.05, 0) is 25.1 Å². The average Bonchev–Trinajstić information content (AvgIpc) is 3.00. The summed E-state index contributed by atoms with van der Waals surface area (Å²) in [4.78, 5) is 28.0. The largest absolute Gasteiger partial charge is 0.454 e. The Hall–Kier alpha value is -2.54. The van der Waals surface area contributed by atoms with Gasteiger partial charge in [-0.3, -0.25) is 9.59 Å². The van der Waals surface area contributed by atoms with E-state index in [1.807, 2.05) is 18.2 Å². The molecule has 0 saturated carbocycles. The van der Waals surface area contributed by atoms with E-state index in [0.717, 1.165) is 5.03 Å². The van der Waals surface area contributed by atoms with Crippen LogP contribution in [0.15, 0.2) is 41.6 Å². The van der Waals surface area contributed by atoms with Crippen LogP contribution in [0.2, 0.25) is 0 Å². The summed E-state index contributed by atoms with van der Waals surface area (Å²) in [6.07, 6.45) is 1.67. The minimum absolute atomic E-state index is 0.111. The first-order valence-electron chi connectivity index (χ1n) is 6.92. The molecule has 1 aromatic carbocycles.